The fourth-order valence-corrected chi connectivity index (χ4v) is 2.52. The molecule has 1 aromatic rings. The number of hydrogen-bond acceptors (Lipinski definition) is 4. The van der Waals surface area contributed by atoms with Crippen LogP contribution >= 0.6 is 15.9 Å². The molecule has 3 N–H and O–H groups in total. The second-order valence-corrected chi connectivity index (χ2v) is 5.34. The zero-order valence-electron chi connectivity index (χ0n) is 11.1. The maximum Gasteiger partial charge on any atom is 0.0947 e. The highest BCUT2D eigenvalue weighted by molar-refractivity contribution is 9.10. The third kappa shape index (κ3) is 4.24. The van der Waals surface area contributed by atoms with E-state index in [4.69, 9.17) is 10.5 Å². The number of rotatable bonds is 6. The van der Waals surface area contributed by atoms with E-state index >= 15 is 0 Å². The molecule has 5 heteroatoms. The Hall–Kier alpha value is -0.620. The van der Waals surface area contributed by atoms with Crippen molar-refractivity contribution < 1.29 is 9.84 Å². The molecule has 0 heterocycles. The predicted octanol–water partition coefficient (Wildman–Crippen LogP) is 1.91. The van der Waals surface area contributed by atoms with Crippen LogP contribution in [0.4, 0.5) is 5.69 Å². The maximum atomic E-state index is 9.69. The largest absolute Gasteiger partial charge is 0.389 e. The Balaban J connectivity index is 2.75. The highest BCUT2D eigenvalue weighted by Gasteiger charge is 2.11. The number of anilines is 1. The van der Waals surface area contributed by atoms with Crippen molar-refractivity contribution in [3.63, 3.8) is 0 Å². The van der Waals surface area contributed by atoms with Crippen molar-refractivity contribution in [1.29, 1.82) is 0 Å². The van der Waals surface area contributed by atoms with Crippen LogP contribution in [0.1, 0.15) is 18.5 Å². The number of ether oxygens (including phenoxy) is 1. The Morgan fingerprint density at radius 3 is 2.67 bits per heavy atom. The van der Waals surface area contributed by atoms with Crippen LogP contribution in [0.5, 0.6) is 0 Å². The molecule has 0 bridgehead atoms. The first-order valence-electron chi connectivity index (χ1n) is 5.89. The summed E-state index contributed by atoms with van der Waals surface area (Å²) in [7, 11) is 3.52. The number of nitrogens with zero attached hydrogens (tertiary/aromatic N) is 1. The number of nitrogens with two attached hydrogens (primary N) is 1. The second-order valence-electron chi connectivity index (χ2n) is 4.48. The van der Waals surface area contributed by atoms with Gasteiger partial charge in [0.25, 0.3) is 0 Å². The average molecular weight is 317 g/mol. The van der Waals surface area contributed by atoms with Crippen molar-refractivity contribution in [3.05, 3.63) is 28.2 Å². The molecule has 0 radical (unpaired) electrons. The summed E-state index contributed by atoms with van der Waals surface area (Å²) in [6.07, 6.45) is -0.494. The number of benzene rings is 1. The molecule has 0 saturated heterocycles. The van der Waals surface area contributed by atoms with Gasteiger partial charge in [-0.25, -0.2) is 0 Å². The van der Waals surface area contributed by atoms with Gasteiger partial charge in [0.1, 0.15) is 0 Å². The molecular formula is C13H21BrN2O2. The summed E-state index contributed by atoms with van der Waals surface area (Å²) in [5.41, 5.74) is 7.96. The molecule has 102 valence electrons. The summed E-state index contributed by atoms with van der Waals surface area (Å²) in [6, 6.07) is 6.02. The van der Waals surface area contributed by atoms with E-state index in [1.807, 2.05) is 37.1 Å². The Morgan fingerprint density at radius 2 is 2.17 bits per heavy atom. The van der Waals surface area contributed by atoms with Crippen molar-refractivity contribution >= 4 is 21.6 Å². The Bertz CT molecular complexity index is 385. The molecule has 0 aliphatic carbocycles. The fourth-order valence-electron chi connectivity index (χ4n) is 1.79. The van der Waals surface area contributed by atoms with E-state index in [0.29, 0.717) is 13.2 Å². The van der Waals surface area contributed by atoms with Gasteiger partial charge in [-0.2, -0.15) is 0 Å². The summed E-state index contributed by atoms with van der Waals surface area (Å²) < 4.78 is 5.90. The molecule has 0 aromatic heterocycles. The fraction of sp³-hybridized carbons (Fsp3) is 0.538. The summed E-state index contributed by atoms with van der Waals surface area (Å²) in [4.78, 5) is 1.99. The number of hydrogen-bond donors (Lipinski definition) is 2. The molecule has 18 heavy (non-hydrogen) atoms. The van der Waals surface area contributed by atoms with Crippen LogP contribution in [0.15, 0.2) is 22.7 Å². The van der Waals surface area contributed by atoms with E-state index in [1.165, 1.54) is 0 Å². The van der Waals surface area contributed by atoms with E-state index in [1.54, 1.807) is 7.11 Å². The Kier molecular flexibility index (Phi) is 6.08. The van der Waals surface area contributed by atoms with Crippen LogP contribution in [0.2, 0.25) is 0 Å². The van der Waals surface area contributed by atoms with Gasteiger partial charge in [-0.1, -0.05) is 22.0 Å². The van der Waals surface area contributed by atoms with Gasteiger partial charge in [-0.15, -0.1) is 0 Å². The molecule has 4 nitrogen and oxygen atoms in total. The molecule has 2 atom stereocenters. The molecule has 0 aliphatic rings. The van der Waals surface area contributed by atoms with Gasteiger partial charge in [0.05, 0.1) is 12.7 Å². The third-order valence-electron chi connectivity index (χ3n) is 2.76. The van der Waals surface area contributed by atoms with E-state index in [2.05, 4.69) is 15.9 Å². The maximum absolute atomic E-state index is 9.69. The van der Waals surface area contributed by atoms with Crippen molar-refractivity contribution in [2.45, 2.75) is 19.1 Å². The molecule has 0 aliphatic heterocycles. The predicted molar refractivity (Wildman–Crippen MR) is 77.9 cm³/mol. The van der Waals surface area contributed by atoms with Crippen molar-refractivity contribution in [1.82, 2.24) is 0 Å². The minimum Gasteiger partial charge on any atom is -0.389 e. The normalized spacial score (nSPS) is 14.3. The standard InChI is InChI=1S/C13H21BrN2O2/c1-9(15)12-5-4-10(6-13(12)14)16(2)7-11(17)8-18-3/h4-6,9,11,17H,7-8,15H2,1-3H3/t9-,11?/m1/s1. The molecule has 0 spiro atoms. The SMILES string of the molecule is COCC(O)CN(C)c1ccc([C@@H](C)N)c(Br)c1. The van der Waals surface area contributed by atoms with Gasteiger partial charge in [-0.3, -0.25) is 0 Å². The second kappa shape index (κ2) is 7.09. The lowest BCUT2D eigenvalue weighted by Crippen LogP contribution is -2.31. The molecule has 0 amide bonds. The van der Waals surface area contributed by atoms with Gasteiger partial charge in [0.2, 0.25) is 0 Å². The van der Waals surface area contributed by atoms with Crippen LogP contribution < -0.4 is 10.6 Å². The number of methoxy groups -OCH3 is 1. The number of aliphatic hydroxyl groups is 1. The highest BCUT2D eigenvalue weighted by atomic mass is 79.9. The van der Waals surface area contributed by atoms with Crippen molar-refractivity contribution in [3.8, 4) is 0 Å². The van der Waals surface area contributed by atoms with E-state index in [-0.39, 0.29) is 6.04 Å². The van der Waals surface area contributed by atoms with E-state index in [9.17, 15) is 5.11 Å². The lowest BCUT2D eigenvalue weighted by atomic mass is 10.1. The number of halogens is 1. The van der Waals surface area contributed by atoms with Crippen LogP contribution in [-0.2, 0) is 4.74 Å². The lowest BCUT2D eigenvalue weighted by Gasteiger charge is -2.23. The first-order valence-corrected chi connectivity index (χ1v) is 6.68. The summed E-state index contributed by atoms with van der Waals surface area (Å²) in [5, 5.41) is 9.69. The van der Waals surface area contributed by atoms with Crippen LogP contribution in [0.25, 0.3) is 0 Å². The summed E-state index contributed by atoms with van der Waals surface area (Å²) in [6.45, 7) is 2.81. The molecule has 1 rings (SSSR count). The zero-order chi connectivity index (χ0) is 13.7. The lowest BCUT2D eigenvalue weighted by molar-refractivity contribution is 0.0695. The van der Waals surface area contributed by atoms with Crippen LogP contribution in [-0.4, -0.2) is 38.5 Å². The van der Waals surface area contributed by atoms with Gasteiger partial charge >= 0.3 is 0 Å². The van der Waals surface area contributed by atoms with E-state index in [0.717, 1.165) is 15.7 Å². The third-order valence-corrected chi connectivity index (χ3v) is 3.45. The number of likely N-dealkylation sites (N-methyl/N-ethyl adjacent to an activating group) is 1. The summed E-state index contributed by atoms with van der Waals surface area (Å²) >= 11 is 3.52. The van der Waals surface area contributed by atoms with Crippen molar-refractivity contribution in [2.24, 2.45) is 5.73 Å². The number of aliphatic hydroxyl groups excluding tert-OH is 1. The first-order chi connectivity index (χ1) is 8.45. The smallest absolute Gasteiger partial charge is 0.0947 e. The Labute approximate surface area is 117 Å². The van der Waals surface area contributed by atoms with Gasteiger partial charge in [-0.05, 0) is 24.6 Å². The van der Waals surface area contributed by atoms with Crippen LogP contribution in [0, 0.1) is 0 Å². The van der Waals surface area contributed by atoms with Gasteiger partial charge < -0.3 is 20.5 Å². The van der Waals surface area contributed by atoms with Gasteiger partial charge in [0, 0.05) is 36.9 Å². The molecule has 1 unspecified atom stereocenters. The monoisotopic (exact) mass is 316 g/mol. The average Bonchev–Trinajstić information content (AvgIpc) is 2.28. The van der Waals surface area contributed by atoms with Crippen LogP contribution in [0.3, 0.4) is 0 Å². The zero-order valence-corrected chi connectivity index (χ0v) is 12.6. The topological polar surface area (TPSA) is 58.7 Å². The molecule has 1 aromatic carbocycles. The quantitative estimate of drug-likeness (QED) is 0.841. The van der Waals surface area contributed by atoms with Crippen molar-refractivity contribution in [2.75, 3.05) is 32.2 Å². The van der Waals surface area contributed by atoms with Gasteiger partial charge in [0.15, 0.2) is 0 Å². The van der Waals surface area contributed by atoms with E-state index < -0.39 is 6.10 Å². The molecular weight excluding hydrogens is 296 g/mol. The summed E-state index contributed by atoms with van der Waals surface area (Å²) in [5.74, 6) is 0. The minimum absolute atomic E-state index is 0.00203. The minimum atomic E-state index is -0.494. The highest BCUT2D eigenvalue weighted by Crippen LogP contribution is 2.27. The first kappa shape index (κ1) is 15.4. The molecule has 0 fully saturated rings. The molecule has 0 saturated carbocycles. The Morgan fingerprint density at radius 1 is 1.50 bits per heavy atom.